The minimum absolute atomic E-state index is 0.711. The van der Waals surface area contributed by atoms with E-state index in [1.165, 1.54) is 15.3 Å². The van der Waals surface area contributed by atoms with Crippen LogP contribution in [0.4, 0.5) is 0 Å². The van der Waals surface area contributed by atoms with Crippen molar-refractivity contribution < 1.29 is 0 Å². The standard InChI is InChI=1S/C22H29N5S/c1-3-19-10-11-20(28-19)16-26-22(23-4-2)25-13-12-21-24-14-15-27(21)17-18-8-6-5-7-9-18/h5-11,14-15H,3-4,12-13,16-17H2,1-2H3,(H2,23,25,26). The number of aliphatic imine (C=N–C) groups is 1. The first-order valence-electron chi connectivity index (χ1n) is 9.92. The first-order valence-corrected chi connectivity index (χ1v) is 10.7. The lowest BCUT2D eigenvalue weighted by molar-refractivity contribution is 0.694. The molecule has 0 fully saturated rings. The van der Waals surface area contributed by atoms with E-state index in [0.717, 1.165) is 44.3 Å². The summed E-state index contributed by atoms with van der Waals surface area (Å²) in [6, 6.07) is 14.9. The number of imidazole rings is 1. The minimum Gasteiger partial charge on any atom is -0.357 e. The van der Waals surface area contributed by atoms with Crippen molar-refractivity contribution in [2.45, 2.75) is 39.8 Å². The van der Waals surface area contributed by atoms with Gasteiger partial charge in [-0.15, -0.1) is 11.3 Å². The molecule has 0 saturated heterocycles. The normalized spacial score (nSPS) is 11.6. The molecule has 0 bridgehead atoms. The van der Waals surface area contributed by atoms with Gasteiger partial charge in [0.05, 0.1) is 6.54 Å². The highest BCUT2D eigenvalue weighted by molar-refractivity contribution is 7.11. The van der Waals surface area contributed by atoms with Crippen LogP contribution in [0.25, 0.3) is 0 Å². The Bertz CT molecular complexity index is 866. The number of nitrogens with one attached hydrogen (secondary N) is 2. The van der Waals surface area contributed by atoms with Crippen LogP contribution in [0.3, 0.4) is 0 Å². The number of rotatable bonds is 9. The molecule has 5 nitrogen and oxygen atoms in total. The van der Waals surface area contributed by atoms with Crippen molar-refractivity contribution in [3.63, 3.8) is 0 Å². The Hall–Kier alpha value is -2.60. The van der Waals surface area contributed by atoms with E-state index in [1.54, 1.807) is 0 Å². The van der Waals surface area contributed by atoms with Crippen LogP contribution < -0.4 is 10.6 Å². The van der Waals surface area contributed by atoms with E-state index in [0.29, 0.717) is 6.54 Å². The molecular weight excluding hydrogens is 366 g/mol. The van der Waals surface area contributed by atoms with Gasteiger partial charge in [-0.2, -0.15) is 0 Å². The molecule has 0 amide bonds. The summed E-state index contributed by atoms with van der Waals surface area (Å²) in [6.45, 7) is 7.47. The Morgan fingerprint density at radius 2 is 1.89 bits per heavy atom. The first kappa shape index (κ1) is 20.1. The van der Waals surface area contributed by atoms with Crippen molar-refractivity contribution in [3.05, 3.63) is 76.0 Å². The van der Waals surface area contributed by atoms with Gasteiger partial charge >= 0.3 is 0 Å². The zero-order valence-electron chi connectivity index (χ0n) is 16.7. The molecule has 2 N–H and O–H groups in total. The second kappa shape index (κ2) is 10.7. The molecule has 0 aliphatic rings. The van der Waals surface area contributed by atoms with Crippen molar-refractivity contribution in [1.82, 2.24) is 20.2 Å². The first-order chi connectivity index (χ1) is 13.8. The van der Waals surface area contributed by atoms with Crippen molar-refractivity contribution in [2.24, 2.45) is 4.99 Å². The molecular formula is C22H29N5S. The molecule has 0 aliphatic carbocycles. The summed E-state index contributed by atoms with van der Waals surface area (Å²) >= 11 is 1.84. The lowest BCUT2D eigenvalue weighted by Crippen LogP contribution is -2.38. The quantitative estimate of drug-likeness (QED) is 0.427. The summed E-state index contributed by atoms with van der Waals surface area (Å²) in [5.74, 6) is 1.94. The zero-order valence-corrected chi connectivity index (χ0v) is 17.5. The fourth-order valence-corrected chi connectivity index (χ4v) is 3.86. The van der Waals surface area contributed by atoms with Gasteiger partial charge in [0.2, 0.25) is 0 Å². The number of aromatic nitrogens is 2. The molecule has 0 radical (unpaired) electrons. The second-order valence-corrected chi connectivity index (χ2v) is 7.80. The summed E-state index contributed by atoms with van der Waals surface area (Å²) < 4.78 is 2.21. The maximum Gasteiger partial charge on any atom is 0.191 e. The van der Waals surface area contributed by atoms with Gasteiger partial charge in [0.25, 0.3) is 0 Å². The van der Waals surface area contributed by atoms with Crippen molar-refractivity contribution in [1.29, 1.82) is 0 Å². The van der Waals surface area contributed by atoms with E-state index in [9.17, 15) is 0 Å². The van der Waals surface area contributed by atoms with Crippen molar-refractivity contribution in [2.75, 3.05) is 13.1 Å². The maximum absolute atomic E-state index is 4.72. The molecule has 1 aromatic carbocycles. The number of guanidine groups is 1. The third-order valence-corrected chi connectivity index (χ3v) is 5.66. The molecule has 28 heavy (non-hydrogen) atoms. The van der Waals surface area contributed by atoms with Gasteiger partial charge in [-0.3, -0.25) is 0 Å². The SMILES string of the molecule is CCNC(=NCc1ccc(CC)s1)NCCc1nccn1Cc1ccccc1. The summed E-state index contributed by atoms with van der Waals surface area (Å²) in [5.41, 5.74) is 1.28. The molecule has 0 unspecified atom stereocenters. The van der Waals surface area contributed by atoms with E-state index >= 15 is 0 Å². The van der Waals surface area contributed by atoms with E-state index in [-0.39, 0.29) is 0 Å². The van der Waals surface area contributed by atoms with Crippen molar-refractivity contribution in [3.8, 4) is 0 Å². The highest BCUT2D eigenvalue weighted by atomic mass is 32.1. The monoisotopic (exact) mass is 395 g/mol. The lowest BCUT2D eigenvalue weighted by atomic mass is 10.2. The van der Waals surface area contributed by atoms with Gasteiger partial charge < -0.3 is 15.2 Å². The number of thiophene rings is 1. The fourth-order valence-electron chi connectivity index (χ4n) is 2.98. The highest BCUT2D eigenvalue weighted by Crippen LogP contribution is 2.17. The third-order valence-electron chi connectivity index (χ3n) is 4.44. The summed E-state index contributed by atoms with van der Waals surface area (Å²) in [4.78, 5) is 12.0. The lowest BCUT2D eigenvalue weighted by Gasteiger charge is -2.12. The summed E-state index contributed by atoms with van der Waals surface area (Å²) in [6.07, 6.45) is 5.86. The average molecular weight is 396 g/mol. The van der Waals surface area contributed by atoms with E-state index in [4.69, 9.17) is 4.99 Å². The second-order valence-electron chi connectivity index (χ2n) is 6.55. The van der Waals surface area contributed by atoms with Crippen LogP contribution in [0.2, 0.25) is 0 Å². The Kier molecular flexibility index (Phi) is 7.67. The van der Waals surface area contributed by atoms with E-state index in [1.807, 2.05) is 29.8 Å². The van der Waals surface area contributed by atoms with Crippen LogP contribution in [0.1, 0.15) is 35.0 Å². The molecule has 3 rings (SSSR count). The summed E-state index contributed by atoms with van der Waals surface area (Å²) in [7, 11) is 0. The van der Waals surface area contributed by atoms with Gasteiger partial charge in [0, 0.05) is 48.2 Å². The number of hydrogen-bond acceptors (Lipinski definition) is 3. The number of benzene rings is 1. The fraction of sp³-hybridized carbons (Fsp3) is 0.364. The van der Waals surface area contributed by atoms with E-state index in [2.05, 4.69) is 70.4 Å². The van der Waals surface area contributed by atoms with Crippen molar-refractivity contribution >= 4 is 17.3 Å². The maximum atomic E-state index is 4.72. The highest BCUT2D eigenvalue weighted by Gasteiger charge is 2.05. The van der Waals surface area contributed by atoms with Crippen LogP contribution in [0.15, 0.2) is 59.9 Å². The topological polar surface area (TPSA) is 54.2 Å². The number of hydrogen-bond donors (Lipinski definition) is 2. The Labute approximate surface area is 171 Å². The summed E-state index contributed by atoms with van der Waals surface area (Å²) in [5, 5.41) is 6.76. The predicted molar refractivity (Wildman–Crippen MR) is 118 cm³/mol. The molecule has 0 saturated carbocycles. The molecule has 6 heteroatoms. The Balaban J connectivity index is 1.53. The van der Waals surface area contributed by atoms with Crippen LogP contribution in [-0.2, 0) is 25.9 Å². The van der Waals surface area contributed by atoms with Gasteiger partial charge in [-0.1, -0.05) is 37.3 Å². The zero-order chi connectivity index (χ0) is 19.6. The Morgan fingerprint density at radius 3 is 2.64 bits per heavy atom. The third kappa shape index (κ3) is 5.96. The van der Waals surface area contributed by atoms with Gasteiger partial charge in [-0.25, -0.2) is 9.98 Å². The average Bonchev–Trinajstić information content (AvgIpc) is 3.36. The molecule has 0 atom stereocenters. The molecule has 2 aromatic heterocycles. The van der Waals surface area contributed by atoms with Gasteiger partial charge in [0.15, 0.2) is 5.96 Å². The minimum atomic E-state index is 0.711. The molecule has 0 spiro atoms. The molecule has 0 aliphatic heterocycles. The largest absolute Gasteiger partial charge is 0.357 e. The smallest absolute Gasteiger partial charge is 0.191 e. The Morgan fingerprint density at radius 1 is 1.07 bits per heavy atom. The number of nitrogens with zero attached hydrogens (tertiary/aromatic N) is 3. The van der Waals surface area contributed by atoms with Gasteiger partial charge in [-0.05, 0) is 31.0 Å². The van der Waals surface area contributed by atoms with Gasteiger partial charge in [0.1, 0.15) is 5.82 Å². The number of aryl methyl sites for hydroxylation is 1. The molecule has 2 heterocycles. The van der Waals surface area contributed by atoms with Crippen LogP contribution >= 0.6 is 11.3 Å². The molecule has 148 valence electrons. The van der Waals surface area contributed by atoms with Crippen LogP contribution in [0, 0.1) is 0 Å². The predicted octanol–water partition coefficient (Wildman–Crippen LogP) is 3.85. The molecule has 3 aromatic rings. The van der Waals surface area contributed by atoms with E-state index < -0.39 is 0 Å². The van der Waals surface area contributed by atoms with Crippen LogP contribution in [-0.4, -0.2) is 28.6 Å². The van der Waals surface area contributed by atoms with Crippen LogP contribution in [0.5, 0.6) is 0 Å².